The third kappa shape index (κ3) is 2.71. The largest absolute Gasteiger partial charge is 0.454 e. The summed E-state index contributed by atoms with van der Waals surface area (Å²) in [5, 5.41) is 7.48. The van der Waals surface area contributed by atoms with Crippen LogP contribution >= 0.6 is 11.3 Å². The molecule has 36 heavy (non-hydrogen) atoms. The van der Waals surface area contributed by atoms with Gasteiger partial charge in [0.1, 0.15) is 5.58 Å². The van der Waals surface area contributed by atoms with Crippen molar-refractivity contribution in [2.45, 2.75) is 0 Å². The maximum atomic E-state index is 6.36. The van der Waals surface area contributed by atoms with E-state index in [0.717, 1.165) is 11.2 Å². The molecule has 8 rings (SSSR count). The van der Waals surface area contributed by atoms with Crippen LogP contribution in [0.4, 0.5) is 0 Å². The summed E-state index contributed by atoms with van der Waals surface area (Å²) in [6, 6.07) is 43.4. The Morgan fingerprint density at radius 2 is 0.972 bits per heavy atom. The van der Waals surface area contributed by atoms with E-state index >= 15 is 0 Å². The fourth-order valence-electron chi connectivity index (χ4n) is 5.76. The maximum absolute atomic E-state index is 6.36. The van der Waals surface area contributed by atoms with E-state index in [0.29, 0.717) is 0 Å². The molecule has 0 bridgehead atoms. The van der Waals surface area contributed by atoms with Crippen molar-refractivity contribution in [3.63, 3.8) is 0 Å². The molecule has 2 heteroatoms. The molecule has 0 saturated carbocycles. The lowest BCUT2D eigenvalue weighted by molar-refractivity contribution is 0.673. The number of furan rings is 1. The van der Waals surface area contributed by atoms with Gasteiger partial charge < -0.3 is 4.42 Å². The number of hydrogen-bond donors (Lipinski definition) is 0. The molecule has 0 unspecified atom stereocenters. The van der Waals surface area contributed by atoms with Crippen LogP contribution in [0.25, 0.3) is 75.1 Å². The summed E-state index contributed by atoms with van der Waals surface area (Å²) >= 11 is 1.84. The van der Waals surface area contributed by atoms with Crippen LogP contribution < -0.4 is 0 Å². The summed E-state index contributed by atoms with van der Waals surface area (Å²) < 4.78 is 8.86. The van der Waals surface area contributed by atoms with Crippen LogP contribution in [0.5, 0.6) is 0 Å². The van der Waals surface area contributed by atoms with Crippen molar-refractivity contribution < 1.29 is 4.42 Å². The summed E-state index contributed by atoms with van der Waals surface area (Å²) in [6.45, 7) is 0. The van der Waals surface area contributed by atoms with E-state index in [1.54, 1.807) is 0 Å². The summed E-state index contributed by atoms with van der Waals surface area (Å²) in [6.07, 6.45) is 0. The Bertz CT molecular complexity index is 2040. The highest BCUT2D eigenvalue weighted by Gasteiger charge is 2.20. The molecule has 2 heterocycles. The second-order valence-electron chi connectivity index (χ2n) is 9.25. The molecule has 0 aliphatic rings. The number of fused-ring (bicyclic) bond motifs is 7. The van der Waals surface area contributed by atoms with Gasteiger partial charge in [0.2, 0.25) is 0 Å². The monoisotopic (exact) mass is 476 g/mol. The van der Waals surface area contributed by atoms with Crippen LogP contribution in [0.15, 0.2) is 126 Å². The molecular formula is C34H20OS. The van der Waals surface area contributed by atoms with Gasteiger partial charge in [-0.15, -0.1) is 11.3 Å². The molecular weight excluding hydrogens is 456 g/mol. The Balaban J connectivity index is 1.55. The van der Waals surface area contributed by atoms with Crippen molar-refractivity contribution in [1.82, 2.24) is 0 Å². The van der Waals surface area contributed by atoms with Gasteiger partial charge in [-0.1, -0.05) is 103 Å². The van der Waals surface area contributed by atoms with E-state index in [-0.39, 0.29) is 0 Å². The lowest BCUT2D eigenvalue weighted by Crippen LogP contribution is -1.90. The molecule has 0 spiro atoms. The predicted octanol–water partition coefficient (Wildman–Crippen LogP) is 10.4. The smallest absolute Gasteiger partial charge is 0.154 e. The molecule has 1 nitrogen and oxygen atoms in total. The average molecular weight is 477 g/mol. The first-order chi connectivity index (χ1) is 17.9. The summed E-state index contributed by atoms with van der Waals surface area (Å²) in [7, 11) is 0. The number of rotatable bonds is 2. The lowest BCUT2D eigenvalue weighted by atomic mass is 9.86. The summed E-state index contributed by atoms with van der Waals surface area (Å²) in [5.41, 5.74) is 7.04. The Hall–Kier alpha value is -4.40. The van der Waals surface area contributed by atoms with Gasteiger partial charge in [-0.3, -0.25) is 0 Å². The SMILES string of the molecule is c1ccc(-c2c3ccccc3c(-c3cccc4c3sc3c5ccccc5oc43)c3ccccc23)cc1. The number of para-hydroxylation sites is 1. The van der Waals surface area contributed by atoms with E-state index in [9.17, 15) is 0 Å². The fourth-order valence-corrected chi connectivity index (χ4v) is 7.04. The molecule has 0 aliphatic heterocycles. The fraction of sp³-hybridized carbons (Fsp3) is 0. The van der Waals surface area contributed by atoms with E-state index in [1.165, 1.54) is 64.0 Å². The molecule has 0 N–H and O–H groups in total. The van der Waals surface area contributed by atoms with Gasteiger partial charge in [0.15, 0.2) is 5.58 Å². The Labute approximate surface area is 211 Å². The van der Waals surface area contributed by atoms with Crippen molar-refractivity contribution in [2.75, 3.05) is 0 Å². The topological polar surface area (TPSA) is 13.1 Å². The third-order valence-electron chi connectivity index (χ3n) is 7.28. The van der Waals surface area contributed by atoms with Crippen molar-refractivity contribution >= 4 is 64.2 Å². The first kappa shape index (κ1) is 19.9. The third-order valence-corrected chi connectivity index (χ3v) is 8.53. The highest BCUT2D eigenvalue weighted by atomic mass is 32.1. The van der Waals surface area contributed by atoms with E-state index < -0.39 is 0 Å². The standard InChI is InChI=1S/C34H20OS/c1-2-11-21(12-3-1)30-22-13-4-6-15-24(22)31(25-16-7-5-14-23(25)30)27-18-10-19-28-32-34(36-33(27)28)26-17-8-9-20-29(26)35-32/h1-20H. The zero-order valence-electron chi connectivity index (χ0n) is 19.4. The summed E-state index contributed by atoms with van der Waals surface area (Å²) in [4.78, 5) is 0. The Kier molecular flexibility index (Phi) is 4.16. The highest BCUT2D eigenvalue weighted by molar-refractivity contribution is 7.27. The van der Waals surface area contributed by atoms with Crippen LogP contribution in [0.3, 0.4) is 0 Å². The molecule has 8 aromatic rings. The van der Waals surface area contributed by atoms with Crippen molar-refractivity contribution in [3.05, 3.63) is 121 Å². The van der Waals surface area contributed by atoms with Gasteiger partial charge in [-0.2, -0.15) is 0 Å². The average Bonchev–Trinajstić information content (AvgIpc) is 3.49. The van der Waals surface area contributed by atoms with Gasteiger partial charge in [0.05, 0.1) is 4.70 Å². The molecule has 6 aromatic carbocycles. The second kappa shape index (κ2) is 7.55. The Morgan fingerprint density at radius 3 is 1.67 bits per heavy atom. The minimum atomic E-state index is 0.953. The second-order valence-corrected chi connectivity index (χ2v) is 10.3. The van der Waals surface area contributed by atoms with Crippen molar-refractivity contribution in [3.8, 4) is 22.3 Å². The number of hydrogen-bond acceptors (Lipinski definition) is 2. The minimum Gasteiger partial charge on any atom is -0.454 e. The predicted molar refractivity (Wildman–Crippen MR) is 155 cm³/mol. The Morgan fingerprint density at radius 1 is 0.417 bits per heavy atom. The molecule has 0 saturated heterocycles. The van der Waals surface area contributed by atoms with E-state index in [2.05, 4.69) is 115 Å². The summed E-state index contributed by atoms with van der Waals surface area (Å²) in [5.74, 6) is 0. The van der Waals surface area contributed by atoms with Crippen LogP contribution in [-0.4, -0.2) is 0 Å². The first-order valence-electron chi connectivity index (χ1n) is 12.2. The molecule has 0 amide bonds. The van der Waals surface area contributed by atoms with E-state index in [4.69, 9.17) is 4.42 Å². The molecule has 0 aliphatic carbocycles. The van der Waals surface area contributed by atoms with Gasteiger partial charge in [0.25, 0.3) is 0 Å². The van der Waals surface area contributed by atoms with Gasteiger partial charge in [-0.25, -0.2) is 0 Å². The zero-order chi connectivity index (χ0) is 23.6. The van der Waals surface area contributed by atoms with Crippen molar-refractivity contribution in [2.24, 2.45) is 0 Å². The van der Waals surface area contributed by atoms with Crippen molar-refractivity contribution in [1.29, 1.82) is 0 Å². The van der Waals surface area contributed by atoms with Crippen LogP contribution in [-0.2, 0) is 0 Å². The molecule has 0 fully saturated rings. The van der Waals surface area contributed by atoms with E-state index in [1.807, 2.05) is 17.4 Å². The van der Waals surface area contributed by atoms with Crippen LogP contribution in [0, 0.1) is 0 Å². The first-order valence-corrected chi connectivity index (χ1v) is 13.0. The zero-order valence-corrected chi connectivity index (χ0v) is 20.2. The molecule has 0 atom stereocenters. The van der Waals surface area contributed by atoms with Crippen LogP contribution in [0.2, 0.25) is 0 Å². The minimum absolute atomic E-state index is 0.953. The normalized spacial score (nSPS) is 11.9. The van der Waals surface area contributed by atoms with Gasteiger partial charge in [0, 0.05) is 21.0 Å². The number of benzene rings is 6. The molecule has 0 radical (unpaired) electrons. The molecule has 2 aromatic heterocycles. The lowest BCUT2D eigenvalue weighted by Gasteiger charge is -2.18. The number of thiophene rings is 1. The van der Waals surface area contributed by atoms with Crippen LogP contribution in [0.1, 0.15) is 0 Å². The van der Waals surface area contributed by atoms with Gasteiger partial charge in [-0.05, 0) is 56.4 Å². The molecule has 168 valence electrons. The highest BCUT2D eigenvalue weighted by Crippen LogP contribution is 2.49. The maximum Gasteiger partial charge on any atom is 0.154 e. The van der Waals surface area contributed by atoms with Gasteiger partial charge >= 0.3 is 0 Å². The quantitative estimate of drug-likeness (QED) is 0.226.